The van der Waals surface area contributed by atoms with E-state index in [-0.39, 0.29) is 44.3 Å². The molecule has 0 bridgehead atoms. The van der Waals surface area contributed by atoms with Crippen LogP contribution < -0.4 is 16.4 Å². The molecule has 6 N–H and O–H groups in total. The molecule has 0 aliphatic heterocycles. The Hall–Kier alpha value is -0.0361. The molecule has 0 radical (unpaired) electrons. The van der Waals surface area contributed by atoms with Crippen LogP contribution in [0.15, 0.2) is 0 Å². The fraction of sp³-hybridized carbons (Fsp3) is 0. The summed E-state index contributed by atoms with van der Waals surface area (Å²) in [7, 11) is 0. The van der Waals surface area contributed by atoms with Gasteiger partial charge in [0.05, 0.1) is 11.9 Å². The van der Waals surface area contributed by atoms with Crippen LogP contribution >= 0.6 is 0 Å². The minimum Gasteiger partial charge on any atom is -0.543 e. The molecule has 0 aliphatic rings. The van der Waals surface area contributed by atoms with E-state index in [1.165, 1.54) is 0 Å². The van der Waals surface area contributed by atoms with Gasteiger partial charge in [0.25, 0.3) is 0 Å². The summed E-state index contributed by atoms with van der Waals surface area (Å²) in [5, 5.41) is 17.9. The summed E-state index contributed by atoms with van der Waals surface area (Å²) in [4.78, 5) is 17.9. The van der Waals surface area contributed by atoms with Gasteiger partial charge in [-0.25, -0.2) is 0 Å². The van der Waals surface area contributed by atoms with Gasteiger partial charge in [0.1, 0.15) is 0 Å². The van der Waals surface area contributed by atoms with Crippen LogP contribution in [0.1, 0.15) is 0 Å². The molecule has 0 spiro atoms. The first-order chi connectivity index (χ1) is 2.64. The van der Waals surface area contributed by atoms with Gasteiger partial charge in [-0.3, -0.25) is 0 Å². The molecule has 0 amide bonds. The molecule has 6 nitrogen and oxygen atoms in total. The fourth-order valence-corrected chi connectivity index (χ4v) is 0. The zero-order valence-electron chi connectivity index (χ0n) is 4.71. The first kappa shape index (κ1) is 23.1. The maximum absolute atomic E-state index is 8.93. The minimum absolute atomic E-state index is 0. The number of carbonyl (C=O) groups excluding carboxylic acids is 2. The molecule has 0 saturated carbocycles. The second kappa shape index (κ2) is 10.9. The predicted molar refractivity (Wildman–Crippen MR) is 19.6 cm³/mol. The SMILES string of the molecule is O.O=C([O-])C(=O)[O-].[NH4+].[Y+3]. The van der Waals surface area contributed by atoms with Crippen LogP contribution in [0.4, 0.5) is 0 Å². The van der Waals surface area contributed by atoms with Crippen molar-refractivity contribution < 1.29 is 58.0 Å². The second-order valence-corrected chi connectivity index (χ2v) is 0.575. The van der Waals surface area contributed by atoms with Gasteiger partial charge in [0.15, 0.2) is 0 Å². The van der Waals surface area contributed by atoms with Crippen molar-refractivity contribution in [1.82, 2.24) is 6.15 Å². The normalized spacial score (nSPS) is 4.89. The number of quaternary nitrogens is 1. The van der Waals surface area contributed by atoms with Crippen molar-refractivity contribution in [3.8, 4) is 0 Å². The smallest absolute Gasteiger partial charge is 0.543 e. The summed E-state index contributed by atoms with van der Waals surface area (Å²) in [6, 6.07) is 0. The maximum atomic E-state index is 8.93. The molecule has 0 atom stereocenters. The number of carboxylic acid groups (broad SMARTS) is 2. The van der Waals surface area contributed by atoms with E-state index in [0.717, 1.165) is 0 Å². The fourth-order valence-electron chi connectivity index (χ4n) is 0. The summed E-state index contributed by atoms with van der Waals surface area (Å²) in [5.41, 5.74) is 0. The van der Waals surface area contributed by atoms with Gasteiger partial charge in [0.2, 0.25) is 0 Å². The molecule has 0 aromatic rings. The number of carboxylic acids is 2. The van der Waals surface area contributed by atoms with Gasteiger partial charge in [-0.05, 0) is 0 Å². The van der Waals surface area contributed by atoms with Gasteiger partial charge >= 0.3 is 32.7 Å². The van der Waals surface area contributed by atoms with Gasteiger partial charge in [-0.1, -0.05) is 0 Å². The Bertz CT molecular complexity index is 81.0. The van der Waals surface area contributed by atoms with Gasteiger partial charge < -0.3 is 31.4 Å². The van der Waals surface area contributed by atoms with Gasteiger partial charge in [0, 0.05) is 0 Å². The third kappa shape index (κ3) is 18.0. The Morgan fingerprint density at radius 3 is 1.11 bits per heavy atom. The van der Waals surface area contributed by atoms with E-state index in [1.54, 1.807) is 0 Å². The summed E-state index contributed by atoms with van der Waals surface area (Å²) in [6.45, 7) is 0. The van der Waals surface area contributed by atoms with Crippen molar-refractivity contribution in [3.63, 3.8) is 0 Å². The topological polar surface area (TPSA) is 148 Å². The molecule has 0 fully saturated rings. The van der Waals surface area contributed by atoms with Crippen LogP contribution in [0.3, 0.4) is 0 Å². The molecule has 0 aromatic carbocycles. The van der Waals surface area contributed by atoms with E-state index in [1.807, 2.05) is 0 Å². The molecule has 0 rings (SSSR count). The second-order valence-electron chi connectivity index (χ2n) is 0.575. The third-order valence-electron chi connectivity index (χ3n) is 0.167. The van der Waals surface area contributed by atoms with Crippen molar-refractivity contribution in [1.29, 1.82) is 0 Å². The summed E-state index contributed by atoms with van der Waals surface area (Å²) < 4.78 is 0. The van der Waals surface area contributed by atoms with Crippen molar-refractivity contribution >= 4 is 11.9 Å². The number of hydrogen-bond acceptors (Lipinski definition) is 4. The average Bonchev–Trinajstić information content (AvgIpc) is 1.36. The molecule has 9 heavy (non-hydrogen) atoms. The quantitative estimate of drug-likeness (QED) is 0.408. The van der Waals surface area contributed by atoms with Gasteiger partial charge in [-0.2, -0.15) is 0 Å². The summed E-state index contributed by atoms with van der Waals surface area (Å²) >= 11 is 0. The first-order valence-corrected chi connectivity index (χ1v) is 1.07. The number of carbonyl (C=O) groups is 2. The van der Waals surface area contributed by atoms with Crippen molar-refractivity contribution in [2.24, 2.45) is 0 Å². The molecular formula is C2H6NO5Y+2. The standard InChI is InChI=1S/C2H2O4.H3N.H2O.Y/c3-1(4)2(5)6;;;/h(H,3,4)(H,5,6);1H3;1H2;/q;;;+3/p-1. The number of aliphatic carboxylic acids is 2. The van der Waals surface area contributed by atoms with Crippen LogP contribution in [0, 0.1) is 0 Å². The van der Waals surface area contributed by atoms with Crippen molar-refractivity contribution in [2.45, 2.75) is 0 Å². The molecule has 0 unspecified atom stereocenters. The van der Waals surface area contributed by atoms with E-state index in [9.17, 15) is 0 Å². The predicted octanol–water partition coefficient (Wildman–Crippen LogP) is -3.96. The Labute approximate surface area is 76.0 Å². The Morgan fingerprint density at radius 1 is 1.00 bits per heavy atom. The van der Waals surface area contributed by atoms with E-state index in [0.29, 0.717) is 0 Å². The van der Waals surface area contributed by atoms with Crippen molar-refractivity contribution in [3.05, 3.63) is 0 Å². The van der Waals surface area contributed by atoms with Crippen LogP contribution in [0.2, 0.25) is 0 Å². The van der Waals surface area contributed by atoms with Crippen LogP contribution in [-0.2, 0) is 42.3 Å². The average molecular weight is 213 g/mol. The summed E-state index contributed by atoms with van der Waals surface area (Å²) in [5.74, 6) is -4.37. The molecule has 0 saturated heterocycles. The molecule has 7 heteroatoms. The third-order valence-corrected chi connectivity index (χ3v) is 0.167. The van der Waals surface area contributed by atoms with E-state index in [2.05, 4.69) is 0 Å². The molecule has 50 valence electrons. The Morgan fingerprint density at radius 2 is 1.11 bits per heavy atom. The van der Waals surface area contributed by atoms with Crippen LogP contribution in [0.5, 0.6) is 0 Å². The maximum Gasteiger partial charge on any atom is 3.00 e. The van der Waals surface area contributed by atoms with Gasteiger partial charge in [-0.15, -0.1) is 0 Å². The summed E-state index contributed by atoms with van der Waals surface area (Å²) in [6.07, 6.45) is 0. The number of rotatable bonds is 0. The Balaban J connectivity index is -0.0000000417. The molecular weight excluding hydrogens is 207 g/mol. The molecule has 0 aliphatic carbocycles. The van der Waals surface area contributed by atoms with E-state index in [4.69, 9.17) is 19.8 Å². The zero-order chi connectivity index (χ0) is 5.15. The van der Waals surface area contributed by atoms with E-state index >= 15 is 0 Å². The van der Waals surface area contributed by atoms with E-state index < -0.39 is 11.9 Å². The molecule has 0 heterocycles. The Kier molecular flexibility index (Phi) is 27.8. The van der Waals surface area contributed by atoms with Crippen LogP contribution in [-0.4, -0.2) is 17.4 Å². The molecule has 0 aromatic heterocycles. The number of hydrogen-bond donors (Lipinski definition) is 1. The first-order valence-electron chi connectivity index (χ1n) is 1.07. The monoisotopic (exact) mass is 213 g/mol. The largest absolute Gasteiger partial charge is 3.00 e. The van der Waals surface area contributed by atoms with Crippen LogP contribution in [0.25, 0.3) is 0 Å². The minimum atomic E-state index is -2.19. The zero-order valence-corrected chi connectivity index (χ0v) is 7.55. The van der Waals surface area contributed by atoms with Crippen molar-refractivity contribution in [2.75, 3.05) is 0 Å².